The molecule has 476 valence electrons. The highest BCUT2D eigenvalue weighted by atomic mass is 32.1. The molecule has 0 radical (unpaired) electrons. The van der Waals surface area contributed by atoms with E-state index in [9.17, 15) is 48.9 Å². The van der Waals surface area contributed by atoms with E-state index in [-0.39, 0.29) is 54.5 Å². The fourth-order valence-electron chi connectivity index (χ4n) is 9.13. The van der Waals surface area contributed by atoms with Crippen molar-refractivity contribution in [3.63, 3.8) is 0 Å². The van der Waals surface area contributed by atoms with Crippen molar-refractivity contribution in [2.24, 2.45) is 22.2 Å². The molecule has 1 aromatic rings. The maximum absolute atomic E-state index is 13.2. The van der Waals surface area contributed by atoms with E-state index in [1.54, 1.807) is 6.07 Å². The van der Waals surface area contributed by atoms with Gasteiger partial charge in [-0.2, -0.15) is 12.6 Å². The number of ether oxygens (including phenoxy) is 4. The average Bonchev–Trinajstić information content (AvgIpc) is 3.62. The number of amides is 6. The van der Waals surface area contributed by atoms with Gasteiger partial charge >= 0.3 is 5.97 Å². The van der Waals surface area contributed by atoms with E-state index >= 15 is 0 Å². The third-order valence-electron chi connectivity index (χ3n) is 13.9. The molecule has 0 heterocycles. The number of primary amides is 1. The first-order chi connectivity index (χ1) is 39.8. The number of phenolic OH excluding ortho intramolecular Hbond substituents is 1. The molecule has 0 unspecified atom stereocenters. The molecule has 6 amide bonds. The number of benzene rings is 1. The lowest BCUT2D eigenvalue weighted by atomic mass is 10.1. The summed E-state index contributed by atoms with van der Waals surface area (Å²) in [5, 5.41) is 41.0. The van der Waals surface area contributed by atoms with E-state index in [1.807, 2.05) is 17.4 Å². The highest BCUT2D eigenvalue weighted by Gasteiger charge is 2.43. The predicted molar refractivity (Wildman–Crippen MR) is 324 cm³/mol. The number of phenols is 1. The molecular weight excluding hydrogens is 1110 g/mol. The second-order valence-corrected chi connectivity index (χ2v) is 26.7. The van der Waals surface area contributed by atoms with E-state index in [1.165, 1.54) is 51.4 Å². The summed E-state index contributed by atoms with van der Waals surface area (Å²) in [6, 6.07) is 1.75. The summed E-state index contributed by atoms with van der Waals surface area (Å²) in [5.74, 6) is -4.82. The first-order valence-electron chi connectivity index (χ1n) is 29.8. The van der Waals surface area contributed by atoms with Crippen LogP contribution in [0.15, 0.2) is 23.2 Å². The van der Waals surface area contributed by atoms with Gasteiger partial charge in [0.2, 0.25) is 35.4 Å². The number of aromatic hydroxyl groups is 1. The van der Waals surface area contributed by atoms with Gasteiger partial charge in [-0.25, -0.2) is 0 Å². The zero-order valence-electron chi connectivity index (χ0n) is 50.0. The number of nitrogens with one attached hydrogen (secondary N) is 5. The van der Waals surface area contributed by atoms with Gasteiger partial charge in [-0.1, -0.05) is 91.9 Å². The molecule has 0 saturated heterocycles. The zero-order chi connectivity index (χ0) is 61.7. The van der Waals surface area contributed by atoms with Gasteiger partial charge in [0, 0.05) is 26.2 Å². The van der Waals surface area contributed by atoms with E-state index in [0.717, 1.165) is 61.8 Å². The summed E-state index contributed by atoms with van der Waals surface area (Å²) in [4.78, 5) is 91.3. The number of hydrogen-bond donors (Lipinski definition) is 12. The standard InChI is InChI=1S/C57H103N9O15SSi/c1-42(2)83(43(3)4,81-45-24-25-49(68)44(37-45)21-14-10-12-17-28-78-30-32-80-34-33-79-31-29-77-27-16-11-8-6-5-7-9-13-18-35-82)36-19-15-23-50(69)62-39-51(70)64-46(22-20-26-61-57(59)60)55(75)63-40-52(71)65-47(38-53(72)73)56(76)66-48(41-67)54(58)74/h24-25,37,42-43,46-48,67-68,82H,5-23,26-36,38-41H2,1-4H3,(H2,58,74)(H,62,69)(H,63,75)(H,64,70)(H,65,71)(H,66,76)(H,72,73)(H4,59,60,61)/t46-,47-,48-/m0/s1. The number of carbonyl (C=O) groups excluding carboxylic acids is 6. The Balaban J connectivity index is 2.51. The Hall–Kier alpha value is -5.25. The summed E-state index contributed by atoms with van der Waals surface area (Å²) in [5.41, 5.74) is 17.2. The Labute approximate surface area is 498 Å². The number of nitrogens with zero attached hydrogens (tertiary/aromatic N) is 1. The highest BCUT2D eigenvalue weighted by molar-refractivity contribution is 7.80. The molecule has 0 aromatic heterocycles. The first kappa shape index (κ1) is 75.8. The monoisotopic (exact) mass is 1210 g/mol. The molecule has 83 heavy (non-hydrogen) atoms. The number of aliphatic carboxylic acids is 1. The number of nitrogens with two attached hydrogens (primary N) is 3. The Morgan fingerprint density at radius 3 is 1.64 bits per heavy atom. The van der Waals surface area contributed by atoms with Crippen LogP contribution < -0.4 is 48.2 Å². The van der Waals surface area contributed by atoms with Crippen molar-refractivity contribution in [1.29, 1.82) is 0 Å². The van der Waals surface area contributed by atoms with Crippen LogP contribution in [0.4, 0.5) is 0 Å². The molecule has 0 aliphatic rings. The van der Waals surface area contributed by atoms with Crippen molar-refractivity contribution >= 4 is 68.3 Å². The van der Waals surface area contributed by atoms with Crippen molar-refractivity contribution < 1.29 is 72.3 Å². The Kier molecular flexibility index (Phi) is 42.9. The number of aliphatic imine (C=N–C) groups is 1. The summed E-state index contributed by atoms with van der Waals surface area (Å²) in [6.45, 7) is 11.4. The number of carboxylic acids is 1. The van der Waals surface area contributed by atoms with Gasteiger partial charge in [0.05, 0.1) is 65.8 Å². The van der Waals surface area contributed by atoms with Crippen molar-refractivity contribution in [3.8, 4) is 11.5 Å². The van der Waals surface area contributed by atoms with E-state index in [0.29, 0.717) is 65.5 Å². The van der Waals surface area contributed by atoms with Gasteiger partial charge in [-0.15, -0.1) is 0 Å². The van der Waals surface area contributed by atoms with Crippen molar-refractivity contribution in [2.75, 3.05) is 84.8 Å². The molecule has 0 spiro atoms. The molecule has 14 N–H and O–H groups in total. The highest BCUT2D eigenvalue weighted by Crippen LogP contribution is 2.40. The Morgan fingerprint density at radius 2 is 1.12 bits per heavy atom. The molecule has 0 bridgehead atoms. The van der Waals surface area contributed by atoms with Gasteiger partial charge in [0.25, 0.3) is 8.32 Å². The summed E-state index contributed by atoms with van der Waals surface area (Å²) in [6.07, 6.45) is 16.7. The third-order valence-corrected chi connectivity index (χ3v) is 19.9. The van der Waals surface area contributed by atoms with Crippen LogP contribution in [-0.2, 0) is 58.9 Å². The summed E-state index contributed by atoms with van der Waals surface area (Å²) >= 11 is 4.27. The molecule has 0 aliphatic heterocycles. The van der Waals surface area contributed by atoms with Crippen LogP contribution in [0.2, 0.25) is 17.1 Å². The van der Waals surface area contributed by atoms with E-state index < -0.39 is 88.1 Å². The second-order valence-electron chi connectivity index (χ2n) is 21.3. The number of carbonyl (C=O) groups is 7. The molecule has 1 rings (SSSR count). The number of guanidine groups is 1. The van der Waals surface area contributed by atoms with Gasteiger partial charge in [-0.05, 0) is 98.0 Å². The average molecular weight is 1210 g/mol. The minimum Gasteiger partial charge on any atom is -0.543 e. The molecular formula is C57H103N9O15SSi. The summed E-state index contributed by atoms with van der Waals surface area (Å²) < 4.78 is 29.7. The molecule has 0 fully saturated rings. The normalized spacial score (nSPS) is 12.5. The molecule has 0 saturated carbocycles. The van der Waals surface area contributed by atoms with Gasteiger partial charge in [-0.3, -0.25) is 38.6 Å². The third kappa shape index (κ3) is 36.9. The van der Waals surface area contributed by atoms with Crippen LogP contribution in [0.25, 0.3) is 0 Å². The topological polar surface area (TPSA) is 377 Å². The lowest BCUT2D eigenvalue weighted by Gasteiger charge is -2.39. The van der Waals surface area contributed by atoms with Gasteiger partial charge in [0.1, 0.15) is 29.6 Å². The Morgan fingerprint density at radius 1 is 0.602 bits per heavy atom. The number of aliphatic hydroxyl groups is 1. The zero-order valence-corrected chi connectivity index (χ0v) is 51.9. The van der Waals surface area contributed by atoms with Crippen molar-refractivity contribution in [3.05, 3.63) is 23.8 Å². The molecule has 3 atom stereocenters. The Bertz CT molecular complexity index is 2030. The number of hydrogen-bond acceptors (Lipinski definition) is 16. The van der Waals surface area contributed by atoms with Gasteiger partial charge in [0.15, 0.2) is 5.96 Å². The van der Waals surface area contributed by atoms with Gasteiger partial charge < -0.3 is 82.5 Å². The second kappa shape index (κ2) is 47.0. The fourth-order valence-corrected chi connectivity index (χ4v) is 13.8. The number of rotatable bonds is 53. The van der Waals surface area contributed by atoms with Crippen LogP contribution in [0.1, 0.15) is 155 Å². The van der Waals surface area contributed by atoms with Crippen molar-refractivity contribution in [1.82, 2.24) is 26.6 Å². The number of carboxylic acid groups (broad SMARTS) is 1. The number of aliphatic hydroxyl groups excluding tert-OH is 1. The lowest BCUT2D eigenvalue weighted by Crippen LogP contribution is -2.56. The molecule has 0 aliphatic carbocycles. The minimum atomic E-state index is -2.48. The maximum Gasteiger partial charge on any atom is 0.305 e. The number of aryl methyl sites for hydroxylation is 1. The van der Waals surface area contributed by atoms with Crippen LogP contribution >= 0.6 is 12.6 Å². The lowest BCUT2D eigenvalue weighted by molar-refractivity contribution is -0.141. The maximum atomic E-state index is 13.2. The molecule has 1 aromatic carbocycles. The van der Waals surface area contributed by atoms with Crippen LogP contribution in [-0.4, -0.2) is 174 Å². The van der Waals surface area contributed by atoms with E-state index in [2.05, 4.69) is 66.6 Å². The predicted octanol–water partition coefficient (Wildman–Crippen LogP) is 4.01. The number of thiol groups is 1. The molecule has 24 nitrogen and oxygen atoms in total. The minimum absolute atomic E-state index is 0.0104. The smallest absolute Gasteiger partial charge is 0.305 e. The fraction of sp³-hybridized carbons (Fsp3) is 0.754. The van der Waals surface area contributed by atoms with E-state index in [4.69, 9.17) is 40.6 Å². The van der Waals surface area contributed by atoms with Crippen LogP contribution in [0.5, 0.6) is 11.5 Å². The summed E-state index contributed by atoms with van der Waals surface area (Å²) in [7, 11) is -2.48. The molecule has 26 heteroatoms. The quantitative estimate of drug-likeness (QED) is 0.0144. The SMILES string of the molecule is CC(C)[Si](CCCCC(=O)NCC(=O)N[C@@H](CCCN=C(N)N)C(=O)NCC(=O)N[C@@H](CC(=O)O)C(=O)N[C@@H](CO)C(N)=O)(Oc1ccc(O)c(CCCCCCOCCOCCOCCOCCCCCCCCCCCS)c1)C(C)C. The number of unbranched alkanes of at least 4 members (excludes halogenated alkanes) is 12. The van der Waals surface area contributed by atoms with Crippen LogP contribution in [0, 0.1) is 0 Å². The van der Waals surface area contributed by atoms with Crippen LogP contribution in [0.3, 0.4) is 0 Å². The largest absolute Gasteiger partial charge is 0.543 e. The van der Waals surface area contributed by atoms with Crippen molar-refractivity contribution in [2.45, 2.75) is 191 Å². The first-order valence-corrected chi connectivity index (χ1v) is 32.7.